The van der Waals surface area contributed by atoms with Crippen LogP contribution in [0.25, 0.3) is 0 Å². The van der Waals surface area contributed by atoms with Crippen molar-refractivity contribution in [1.82, 2.24) is 0 Å². The van der Waals surface area contributed by atoms with Crippen molar-refractivity contribution in [3.8, 4) is 0 Å². The molecule has 2 aromatic carbocycles. The van der Waals surface area contributed by atoms with Gasteiger partial charge in [0.1, 0.15) is 6.10 Å². The van der Waals surface area contributed by atoms with Gasteiger partial charge in [-0.05, 0) is 11.1 Å². The normalized spacial score (nSPS) is 14.4. The van der Waals surface area contributed by atoms with Gasteiger partial charge in [-0.3, -0.25) is 4.52 Å². The molecule has 18 heavy (non-hydrogen) atoms. The van der Waals surface area contributed by atoms with E-state index in [1.54, 1.807) is 0 Å². The summed E-state index contributed by atoms with van der Waals surface area (Å²) in [6, 6.07) is 18.4. The third kappa shape index (κ3) is 3.52. The first-order valence-electron chi connectivity index (χ1n) is 5.46. The number of hydrogen-bond donors (Lipinski definition) is 2. The van der Waals surface area contributed by atoms with Gasteiger partial charge in [-0.25, -0.2) is 10.1 Å². The Morgan fingerprint density at radius 2 is 1.33 bits per heavy atom. The lowest BCUT2D eigenvalue weighted by atomic mass is 10.0. The summed E-state index contributed by atoms with van der Waals surface area (Å²) >= 11 is 0. The van der Waals surface area contributed by atoms with Gasteiger partial charge < -0.3 is 4.89 Å². The van der Waals surface area contributed by atoms with E-state index < -0.39 is 13.9 Å². The molecule has 1 atom stereocenters. The highest BCUT2D eigenvalue weighted by atomic mass is 31.2. The van der Waals surface area contributed by atoms with Gasteiger partial charge in [0.15, 0.2) is 0 Å². The van der Waals surface area contributed by atoms with E-state index in [4.69, 9.17) is 10.0 Å². The van der Waals surface area contributed by atoms with Gasteiger partial charge in [-0.15, -0.1) is 0 Å². The summed E-state index contributed by atoms with van der Waals surface area (Å²) in [4.78, 5) is 9.22. The van der Waals surface area contributed by atoms with Crippen LogP contribution >= 0.6 is 7.75 Å². The molecule has 0 heterocycles. The first-order valence-corrected chi connectivity index (χ1v) is 7.10. The molecule has 0 saturated heterocycles. The molecule has 5 heteroatoms. The summed E-state index contributed by atoms with van der Waals surface area (Å²) in [5.74, 6) is 0. The molecule has 0 aromatic heterocycles. The largest absolute Gasteiger partial charge is 0.401 e. The second-order valence-electron chi connectivity index (χ2n) is 3.87. The summed E-state index contributed by atoms with van der Waals surface area (Å²) in [6.45, 7) is 0. The van der Waals surface area contributed by atoms with Crippen molar-refractivity contribution in [2.45, 2.75) is 6.10 Å². The SMILES string of the molecule is NP(=O)(O)OC(c1ccccc1)c1ccccc1. The van der Waals surface area contributed by atoms with Crippen molar-refractivity contribution in [3.05, 3.63) is 71.8 Å². The minimum absolute atomic E-state index is 0.645. The fraction of sp³-hybridized carbons (Fsp3) is 0.0769. The molecule has 4 nitrogen and oxygen atoms in total. The highest BCUT2D eigenvalue weighted by molar-refractivity contribution is 7.50. The minimum Gasteiger partial charge on any atom is -0.313 e. The van der Waals surface area contributed by atoms with Gasteiger partial charge in [-0.1, -0.05) is 60.7 Å². The first kappa shape index (κ1) is 13.0. The van der Waals surface area contributed by atoms with Crippen LogP contribution in [0.4, 0.5) is 0 Å². The maximum atomic E-state index is 11.3. The topological polar surface area (TPSA) is 72.6 Å². The zero-order valence-corrected chi connectivity index (χ0v) is 10.5. The molecule has 0 amide bonds. The van der Waals surface area contributed by atoms with Crippen LogP contribution in [0.15, 0.2) is 60.7 Å². The van der Waals surface area contributed by atoms with Crippen molar-refractivity contribution < 1.29 is 14.0 Å². The van der Waals surface area contributed by atoms with Gasteiger partial charge in [0, 0.05) is 0 Å². The van der Waals surface area contributed by atoms with Crippen molar-refractivity contribution in [2.75, 3.05) is 0 Å². The van der Waals surface area contributed by atoms with E-state index in [-0.39, 0.29) is 0 Å². The van der Waals surface area contributed by atoms with E-state index in [0.29, 0.717) is 0 Å². The van der Waals surface area contributed by atoms with Crippen molar-refractivity contribution in [2.24, 2.45) is 5.50 Å². The van der Waals surface area contributed by atoms with E-state index in [0.717, 1.165) is 11.1 Å². The fourth-order valence-electron chi connectivity index (χ4n) is 1.72. The van der Waals surface area contributed by atoms with Crippen LogP contribution < -0.4 is 5.50 Å². The Labute approximate surface area is 106 Å². The molecule has 0 bridgehead atoms. The van der Waals surface area contributed by atoms with Crippen LogP contribution in [0, 0.1) is 0 Å². The summed E-state index contributed by atoms with van der Waals surface area (Å²) < 4.78 is 16.4. The van der Waals surface area contributed by atoms with Crippen LogP contribution in [-0.4, -0.2) is 4.89 Å². The fourth-order valence-corrected chi connectivity index (χ4v) is 2.27. The molecule has 0 spiro atoms. The van der Waals surface area contributed by atoms with Gasteiger partial charge in [-0.2, -0.15) is 0 Å². The van der Waals surface area contributed by atoms with Gasteiger partial charge in [0.05, 0.1) is 0 Å². The van der Waals surface area contributed by atoms with Gasteiger partial charge in [0.2, 0.25) is 0 Å². The number of hydrogen-bond acceptors (Lipinski definition) is 2. The van der Waals surface area contributed by atoms with E-state index in [1.165, 1.54) is 0 Å². The van der Waals surface area contributed by atoms with Gasteiger partial charge in [0.25, 0.3) is 0 Å². The average molecular weight is 263 g/mol. The predicted molar refractivity (Wildman–Crippen MR) is 69.8 cm³/mol. The third-order valence-electron chi connectivity index (χ3n) is 2.46. The van der Waals surface area contributed by atoms with E-state index in [1.807, 2.05) is 60.7 Å². The summed E-state index contributed by atoms with van der Waals surface area (Å²) in [6.07, 6.45) is -0.645. The molecule has 0 aliphatic heterocycles. The monoisotopic (exact) mass is 263 g/mol. The second-order valence-corrected chi connectivity index (χ2v) is 5.21. The first-order chi connectivity index (χ1) is 8.56. The van der Waals surface area contributed by atoms with Crippen LogP contribution in [0.2, 0.25) is 0 Å². The highest BCUT2D eigenvalue weighted by Crippen LogP contribution is 2.41. The predicted octanol–water partition coefficient (Wildman–Crippen LogP) is 2.85. The lowest BCUT2D eigenvalue weighted by molar-refractivity contribution is 0.208. The molecular formula is C13H14NO3P. The molecule has 0 fully saturated rings. The molecule has 3 N–H and O–H groups in total. The molecule has 2 aromatic rings. The highest BCUT2D eigenvalue weighted by Gasteiger charge is 2.23. The number of benzene rings is 2. The molecule has 1 unspecified atom stereocenters. The summed E-state index contributed by atoms with van der Waals surface area (Å²) in [5.41, 5.74) is 6.66. The molecule has 0 aliphatic carbocycles. The molecule has 0 aliphatic rings. The molecular weight excluding hydrogens is 249 g/mol. The Bertz CT molecular complexity index is 499. The Morgan fingerprint density at radius 1 is 0.944 bits per heavy atom. The van der Waals surface area contributed by atoms with Crippen LogP contribution in [0.5, 0.6) is 0 Å². The standard InChI is InChI=1S/C13H14NO3P/c14-18(15,16)17-13(11-7-3-1-4-8-11)12-9-5-2-6-10-12/h1-10,13H,(H3,14,15,16). The Hall–Kier alpha value is -1.45. The van der Waals surface area contributed by atoms with E-state index >= 15 is 0 Å². The zero-order chi connectivity index (χ0) is 13.0. The molecule has 2 rings (SSSR count). The van der Waals surface area contributed by atoms with Gasteiger partial charge >= 0.3 is 7.75 Å². The van der Waals surface area contributed by atoms with Crippen LogP contribution in [0.1, 0.15) is 17.2 Å². The minimum atomic E-state index is -4.05. The summed E-state index contributed by atoms with van der Waals surface area (Å²) in [7, 11) is -4.05. The lowest BCUT2D eigenvalue weighted by Gasteiger charge is -2.19. The van der Waals surface area contributed by atoms with Crippen molar-refractivity contribution >= 4 is 7.75 Å². The zero-order valence-electron chi connectivity index (χ0n) is 9.64. The van der Waals surface area contributed by atoms with Crippen molar-refractivity contribution in [1.29, 1.82) is 0 Å². The Balaban J connectivity index is 2.39. The van der Waals surface area contributed by atoms with Crippen molar-refractivity contribution in [3.63, 3.8) is 0 Å². The second kappa shape index (κ2) is 5.46. The van der Waals surface area contributed by atoms with E-state index in [2.05, 4.69) is 0 Å². The summed E-state index contributed by atoms with van der Waals surface area (Å²) in [5, 5.41) is 0. The number of rotatable bonds is 4. The third-order valence-corrected chi connectivity index (χ3v) is 2.97. The van der Waals surface area contributed by atoms with Crippen LogP contribution in [-0.2, 0) is 9.09 Å². The average Bonchev–Trinajstić information content (AvgIpc) is 2.37. The van der Waals surface area contributed by atoms with Crippen LogP contribution in [0.3, 0.4) is 0 Å². The maximum absolute atomic E-state index is 11.3. The Kier molecular flexibility index (Phi) is 3.94. The molecule has 0 saturated carbocycles. The molecule has 94 valence electrons. The Morgan fingerprint density at radius 3 is 1.67 bits per heavy atom. The number of nitrogens with two attached hydrogens (primary N) is 1. The smallest absolute Gasteiger partial charge is 0.313 e. The maximum Gasteiger partial charge on any atom is 0.401 e. The quantitative estimate of drug-likeness (QED) is 0.832. The van der Waals surface area contributed by atoms with E-state index in [9.17, 15) is 9.46 Å². The lowest BCUT2D eigenvalue weighted by Crippen LogP contribution is -2.08. The molecule has 0 radical (unpaired) electrons.